The van der Waals surface area contributed by atoms with Crippen molar-refractivity contribution in [2.75, 3.05) is 23.9 Å². The third-order valence-electron chi connectivity index (χ3n) is 4.12. The molecule has 94 valence electrons. The van der Waals surface area contributed by atoms with Gasteiger partial charge in [0.1, 0.15) is 0 Å². The van der Waals surface area contributed by atoms with Crippen molar-refractivity contribution in [3.63, 3.8) is 0 Å². The molecule has 1 aliphatic carbocycles. The first-order valence-electron chi connectivity index (χ1n) is 6.29. The van der Waals surface area contributed by atoms with Crippen molar-refractivity contribution in [3.8, 4) is 0 Å². The van der Waals surface area contributed by atoms with Crippen LogP contribution in [0.1, 0.15) is 29.6 Å². The fourth-order valence-corrected chi connectivity index (χ4v) is 2.57. The molecule has 0 aromatic heterocycles. The van der Waals surface area contributed by atoms with Crippen molar-refractivity contribution >= 4 is 23.1 Å². The van der Waals surface area contributed by atoms with Gasteiger partial charge in [-0.3, -0.25) is 9.59 Å². The topological polar surface area (TPSA) is 40.6 Å². The largest absolute Gasteiger partial charge is 0.372 e. The Morgan fingerprint density at radius 1 is 1.28 bits per heavy atom. The summed E-state index contributed by atoms with van der Waals surface area (Å²) < 4.78 is 0. The van der Waals surface area contributed by atoms with Crippen LogP contribution in [0.25, 0.3) is 0 Å². The summed E-state index contributed by atoms with van der Waals surface area (Å²) in [4.78, 5) is 27.0. The molecule has 18 heavy (non-hydrogen) atoms. The van der Waals surface area contributed by atoms with E-state index < -0.39 is 11.7 Å². The Labute approximate surface area is 106 Å². The molecule has 0 radical (unpaired) electrons. The molecule has 4 heteroatoms. The van der Waals surface area contributed by atoms with E-state index in [2.05, 4.69) is 11.9 Å². The summed E-state index contributed by atoms with van der Waals surface area (Å²) in [7, 11) is 3.73. The molecule has 1 heterocycles. The third-order valence-corrected chi connectivity index (χ3v) is 4.12. The molecule has 0 atom stereocenters. The van der Waals surface area contributed by atoms with Crippen LogP contribution in [0.2, 0.25) is 0 Å². The Balaban J connectivity index is 1.97. The van der Waals surface area contributed by atoms with Gasteiger partial charge in [0, 0.05) is 25.8 Å². The van der Waals surface area contributed by atoms with Gasteiger partial charge in [-0.2, -0.15) is 0 Å². The van der Waals surface area contributed by atoms with Crippen molar-refractivity contribution in [3.05, 3.63) is 23.8 Å². The van der Waals surface area contributed by atoms with Gasteiger partial charge in [-0.15, -0.1) is 0 Å². The van der Waals surface area contributed by atoms with Crippen LogP contribution in [-0.4, -0.2) is 31.8 Å². The maximum Gasteiger partial charge on any atom is 0.299 e. The Hall–Kier alpha value is -1.84. The van der Waals surface area contributed by atoms with Crippen LogP contribution < -0.4 is 9.80 Å². The minimum Gasteiger partial charge on any atom is -0.372 e. The predicted octanol–water partition coefficient (Wildman–Crippen LogP) is 1.83. The zero-order valence-electron chi connectivity index (χ0n) is 10.6. The lowest BCUT2D eigenvalue weighted by molar-refractivity contribution is -0.114. The standard InChI is InChI=1S/C14H16N2O2/c1-15(9-4-3-5-9)10-6-7-11-12(8-10)16(2)14(18)13(11)17/h6-9H,3-5H2,1-2H3. The van der Waals surface area contributed by atoms with Crippen molar-refractivity contribution < 1.29 is 9.59 Å². The average Bonchev–Trinajstić information content (AvgIpc) is 2.52. The molecule has 0 bridgehead atoms. The maximum absolute atomic E-state index is 11.7. The maximum atomic E-state index is 11.7. The van der Waals surface area contributed by atoms with Crippen molar-refractivity contribution in [1.29, 1.82) is 0 Å². The number of hydrogen-bond acceptors (Lipinski definition) is 3. The van der Waals surface area contributed by atoms with Gasteiger partial charge in [-0.1, -0.05) is 0 Å². The molecule has 0 saturated heterocycles. The highest BCUT2D eigenvalue weighted by atomic mass is 16.2. The predicted molar refractivity (Wildman–Crippen MR) is 70.2 cm³/mol. The molecule has 1 aromatic carbocycles. The summed E-state index contributed by atoms with van der Waals surface area (Å²) in [5, 5.41) is 0. The minimum absolute atomic E-state index is 0.398. The molecule has 3 rings (SSSR count). The van der Waals surface area contributed by atoms with Gasteiger partial charge in [-0.25, -0.2) is 0 Å². The summed E-state index contributed by atoms with van der Waals surface area (Å²) in [6.45, 7) is 0. The van der Waals surface area contributed by atoms with E-state index >= 15 is 0 Å². The number of rotatable bonds is 2. The summed E-state index contributed by atoms with van der Waals surface area (Å²) in [5.74, 6) is -0.834. The van der Waals surface area contributed by atoms with Gasteiger partial charge >= 0.3 is 0 Å². The van der Waals surface area contributed by atoms with Crippen molar-refractivity contribution in [1.82, 2.24) is 0 Å². The number of benzene rings is 1. The van der Waals surface area contributed by atoms with Gasteiger partial charge in [-0.05, 0) is 37.5 Å². The lowest BCUT2D eigenvalue weighted by Crippen LogP contribution is -2.37. The SMILES string of the molecule is CN1C(=O)C(=O)c2ccc(N(C)C3CCC3)cc21. The quantitative estimate of drug-likeness (QED) is 0.745. The Morgan fingerprint density at radius 2 is 2.00 bits per heavy atom. The van der Waals surface area contributed by atoms with Gasteiger partial charge in [0.15, 0.2) is 0 Å². The number of Topliss-reactive ketones (excluding diaryl/α,β-unsaturated/α-hetero) is 1. The fraction of sp³-hybridized carbons (Fsp3) is 0.429. The molecule has 1 saturated carbocycles. The van der Waals surface area contributed by atoms with Crippen LogP contribution in [0.5, 0.6) is 0 Å². The Bertz CT molecular complexity index is 535. The molecule has 0 N–H and O–H groups in total. The van der Waals surface area contributed by atoms with E-state index in [-0.39, 0.29) is 0 Å². The van der Waals surface area contributed by atoms with E-state index in [4.69, 9.17) is 0 Å². The smallest absolute Gasteiger partial charge is 0.299 e. The summed E-state index contributed by atoms with van der Waals surface area (Å²) in [6.07, 6.45) is 3.74. The monoisotopic (exact) mass is 244 g/mol. The second kappa shape index (κ2) is 3.83. The normalized spacial score (nSPS) is 18.9. The first-order chi connectivity index (χ1) is 8.59. The lowest BCUT2D eigenvalue weighted by atomic mass is 9.91. The number of carbonyl (C=O) groups excluding carboxylic acids is 2. The highest BCUT2D eigenvalue weighted by molar-refractivity contribution is 6.52. The molecular formula is C14H16N2O2. The Kier molecular flexibility index (Phi) is 2.40. The lowest BCUT2D eigenvalue weighted by Gasteiger charge is -2.36. The second-order valence-electron chi connectivity index (χ2n) is 5.09. The molecule has 2 aliphatic rings. The van der Waals surface area contributed by atoms with Gasteiger partial charge < -0.3 is 9.80 Å². The fourth-order valence-electron chi connectivity index (χ4n) is 2.57. The number of nitrogens with zero attached hydrogens (tertiary/aromatic N) is 2. The number of hydrogen-bond donors (Lipinski definition) is 0. The van der Waals surface area contributed by atoms with E-state index in [1.165, 1.54) is 24.2 Å². The summed E-state index contributed by atoms with van der Waals surface area (Å²) >= 11 is 0. The van der Waals surface area contributed by atoms with E-state index in [0.717, 1.165) is 11.4 Å². The molecule has 0 spiro atoms. The van der Waals surface area contributed by atoms with Crippen LogP contribution in [0.15, 0.2) is 18.2 Å². The highest BCUT2D eigenvalue weighted by Gasteiger charge is 2.34. The van der Waals surface area contributed by atoms with E-state index in [1.807, 2.05) is 12.1 Å². The van der Waals surface area contributed by atoms with Crippen LogP contribution in [0.4, 0.5) is 11.4 Å². The zero-order chi connectivity index (χ0) is 12.9. The second-order valence-corrected chi connectivity index (χ2v) is 5.09. The summed E-state index contributed by atoms with van der Waals surface area (Å²) in [5.41, 5.74) is 2.33. The third kappa shape index (κ3) is 1.45. The molecule has 1 amide bonds. The zero-order valence-corrected chi connectivity index (χ0v) is 10.6. The van der Waals surface area contributed by atoms with E-state index in [1.54, 1.807) is 13.1 Å². The summed E-state index contributed by atoms with van der Waals surface area (Å²) in [6, 6.07) is 6.24. The van der Waals surface area contributed by atoms with Crippen LogP contribution in [-0.2, 0) is 4.79 Å². The van der Waals surface area contributed by atoms with Crippen molar-refractivity contribution in [2.24, 2.45) is 0 Å². The molecule has 1 fully saturated rings. The number of carbonyl (C=O) groups is 2. The molecule has 1 aromatic rings. The average molecular weight is 244 g/mol. The number of amides is 1. The first-order valence-corrected chi connectivity index (χ1v) is 6.29. The van der Waals surface area contributed by atoms with Crippen LogP contribution in [0, 0.1) is 0 Å². The highest BCUT2D eigenvalue weighted by Crippen LogP contribution is 2.34. The van der Waals surface area contributed by atoms with Gasteiger partial charge in [0.05, 0.1) is 11.3 Å². The number of ketones is 1. The number of fused-ring (bicyclic) bond motifs is 1. The Morgan fingerprint density at radius 3 is 2.61 bits per heavy atom. The molecule has 1 aliphatic heterocycles. The number of anilines is 2. The molecular weight excluding hydrogens is 228 g/mol. The number of likely N-dealkylation sites (N-methyl/N-ethyl adjacent to an activating group) is 1. The first kappa shape index (κ1) is 11.3. The van der Waals surface area contributed by atoms with Gasteiger partial charge in [0.2, 0.25) is 0 Å². The van der Waals surface area contributed by atoms with E-state index in [0.29, 0.717) is 11.6 Å². The van der Waals surface area contributed by atoms with Crippen LogP contribution >= 0.6 is 0 Å². The molecule has 4 nitrogen and oxygen atoms in total. The van der Waals surface area contributed by atoms with E-state index in [9.17, 15) is 9.59 Å². The van der Waals surface area contributed by atoms with Gasteiger partial charge in [0.25, 0.3) is 11.7 Å². The molecule has 0 unspecified atom stereocenters. The van der Waals surface area contributed by atoms with Crippen molar-refractivity contribution in [2.45, 2.75) is 25.3 Å². The van der Waals surface area contributed by atoms with Crippen LogP contribution in [0.3, 0.4) is 0 Å². The minimum atomic E-state index is -0.437.